The van der Waals surface area contributed by atoms with E-state index >= 15 is 0 Å². The summed E-state index contributed by atoms with van der Waals surface area (Å²) in [6, 6.07) is 14.1. The van der Waals surface area contributed by atoms with Gasteiger partial charge in [-0.25, -0.2) is 9.78 Å². The minimum Gasteiger partial charge on any atom is -0.478 e. The van der Waals surface area contributed by atoms with Gasteiger partial charge in [0.1, 0.15) is 11.5 Å². The van der Waals surface area contributed by atoms with Gasteiger partial charge in [-0.3, -0.25) is 4.79 Å². The number of carboxylic acid groups (broad SMARTS) is 1. The van der Waals surface area contributed by atoms with E-state index in [1.165, 1.54) is 12.1 Å². The molecule has 1 amide bonds. The molecule has 0 aliphatic carbocycles. The number of anilines is 1. The fraction of sp³-hybridized carbons (Fsp3) is 0.261. The van der Waals surface area contributed by atoms with Crippen LogP contribution in [0.4, 0.5) is 5.69 Å². The Morgan fingerprint density at radius 2 is 1.93 bits per heavy atom. The van der Waals surface area contributed by atoms with Crippen molar-refractivity contribution >= 4 is 17.6 Å². The van der Waals surface area contributed by atoms with Crippen molar-refractivity contribution in [3.8, 4) is 11.4 Å². The lowest BCUT2D eigenvalue weighted by atomic mass is 10.0. The number of nitrogens with zero attached hydrogens (tertiary/aromatic N) is 1. The lowest BCUT2D eigenvalue weighted by Crippen LogP contribution is -2.16. The van der Waals surface area contributed by atoms with Crippen molar-refractivity contribution < 1.29 is 14.7 Å². The molecule has 0 saturated carbocycles. The first-order valence-electron chi connectivity index (χ1n) is 9.68. The first-order chi connectivity index (χ1) is 13.9. The van der Waals surface area contributed by atoms with Crippen molar-refractivity contribution in [3.05, 3.63) is 71.0 Å². The van der Waals surface area contributed by atoms with Crippen LogP contribution in [0.2, 0.25) is 0 Å². The minimum absolute atomic E-state index is 0.116. The highest BCUT2D eigenvalue weighted by molar-refractivity contribution is 6.04. The lowest BCUT2D eigenvalue weighted by Gasteiger charge is -2.09. The van der Waals surface area contributed by atoms with Gasteiger partial charge in [0.15, 0.2) is 0 Å². The third kappa shape index (κ3) is 4.71. The molecule has 3 aromatic rings. The van der Waals surface area contributed by atoms with Gasteiger partial charge in [-0.1, -0.05) is 50.6 Å². The summed E-state index contributed by atoms with van der Waals surface area (Å²) in [4.78, 5) is 32.1. The molecule has 6 nitrogen and oxygen atoms in total. The van der Waals surface area contributed by atoms with Crippen molar-refractivity contribution in [3.63, 3.8) is 0 Å². The Balaban J connectivity index is 1.95. The molecule has 29 heavy (non-hydrogen) atoms. The molecule has 0 aliphatic rings. The summed E-state index contributed by atoms with van der Waals surface area (Å²) in [5.41, 5.74) is 3.67. The van der Waals surface area contributed by atoms with Crippen LogP contribution in [0.5, 0.6) is 0 Å². The van der Waals surface area contributed by atoms with E-state index in [9.17, 15) is 9.59 Å². The Morgan fingerprint density at radius 3 is 2.62 bits per heavy atom. The second kappa shape index (κ2) is 8.73. The largest absolute Gasteiger partial charge is 0.478 e. The predicted octanol–water partition coefficient (Wildman–Crippen LogP) is 4.92. The first kappa shape index (κ1) is 20.3. The maximum absolute atomic E-state index is 13.0. The summed E-state index contributed by atoms with van der Waals surface area (Å²) in [6.45, 7) is 6.25. The number of imidazole rings is 1. The number of aromatic amines is 1. The zero-order valence-corrected chi connectivity index (χ0v) is 16.8. The Bertz CT molecular complexity index is 1040. The van der Waals surface area contributed by atoms with Crippen LogP contribution in [0.25, 0.3) is 11.4 Å². The van der Waals surface area contributed by atoms with E-state index in [-0.39, 0.29) is 11.5 Å². The van der Waals surface area contributed by atoms with Crippen LogP contribution >= 0.6 is 0 Å². The zero-order valence-electron chi connectivity index (χ0n) is 16.8. The predicted molar refractivity (Wildman–Crippen MR) is 113 cm³/mol. The molecule has 0 aliphatic heterocycles. The van der Waals surface area contributed by atoms with Crippen LogP contribution < -0.4 is 5.32 Å². The normalized spacial score (nSPS) is 11.8. The highest BCUT2D eigenvalue weighted by Gasteiger charge is 2.20. The van der Waals surface area contributed by atoms with Crippen LogP contribution in [-0.4, -0.2) is 27.0 Å². The number of hydrogen-bond donors (Lipinski definition) is 3. The van der Waals surface area contributed by atoms with Crippen LogP contribution in [0.1, 0.15) is 52.4 Å². The molecule has 6 heteroatoms. The van der Waals surface area contributed by atoms with Gasteiger partial charge in [-0.2, -0.15) is 0 Å². The van der Waals surface area contributed by atoms with Gasteiger partial charge in [0.05, 0.1) is 5.56 Å². The quantitative estimate of drug-likeness (QED) is 0.532. The average molecular weight is 391 g/mol. The van der Waals surface area contributed by atoms with Crippen molar-refractivity contribution in [2.24, 2.45) is 5.92 Å². The molecule has 2 aromatic carbocycles. The number of aryl methyl sites for hydroxylation is 1. The summed E-state index contributed by atoms with van der Waals surface area (Å²) >= 11 is 0. The molecule has 1 unspecified atom stereocenters. The molecular formula is C23H25N3O3. The number of hydrogen-bond acceptors (Lipinski definition) is 3. The van der Waals surface area contributed by atoms with E-state index in [0.717, 1.165) is 23.2 Å². The van der Waals surface area contributed by atoms with Gasteiger partial charge in [0.25, 0.3) is 5.91 Å². The molecule has 3 N–H and O–H groups in total. The Hall–Kier alpha value is -3.41. The standard InChI is InChI=1S/C23H25N3O3/c1-4-14(2)12-19-20(26-21(25-19)18-11-6-5-8-15(18)3)22(27)24-17-10-7-9-16(13-17)23(28)29/h5-11,13-14H,4,12H2,1-3H3,(H,24,27)(H,25,26)(H,28,29). The number of carbonyl (C=O) groups is 2. The molecule has 3 rings (SSSR count). The summed E-state index contributed by atoms with van der Waals surface area (Å²) < 4.78 is 0. The third-order valence-electron chi connectivity index (χ3n) is 5.01. The number of rotatable bonds is 7. The van der Waals surface area contributed by atoms with E-state index in [1.807, 2.05) is 31.2 Å². The molecule has 0 bridgehead atoms. The minimum atomic E-state index is -1.04. The fourth-order valence-corrected chi connectivity index (χ4v) is 3.12. The van der Waals surface area contributed by atoms with Gasteiger partial charge >= 0.3 is 5.97 Å². The highest BCUT2D eigenvalue weighted by atomic mass is 16.4. The third-order valence-corrected chi connectivity index (χ3v) is 5.01. The van der Waals surface area contributed by atoms with Gasteiger partial charge < -0.3 is 15.4 Å². The summed E-state index contributed by atoms with van der Waals surface area (Å²) in [6.07, 6.45) is 1.69. The van der Waals surface area contributed by atoms with E-state index in [4.69, 9.17) is 5.11 Å². The van der Waals surface area contributed by atoms with Crippen molar-refractivity contribution in [1.82, 2.24) is 9.97 Å². The Morgan fingerprint density at radius 1 is 1.17 bits per heavy atom. The number of benzene rings is 2. The first-order valence-corrected chi connectivity index (χ1v) is 9.68. The van der Waals surface area contributed by atoms with Crippen molar-refractivity contribution in [2.75, 3.05) is 5.32 Å². The van der Waals surface area contributed by atoms with Gasteiger partial charge in [0, 0.05) is 16.9 Å². The molecule has 1 atom stereocenters. The van der Waals surface area contributed by atoms with E-state index in [1.54, 1.807) is 12.1 Å². The molecule has 150 valence electrons. The fourth-order valence-electron chi connectivity index (χ4n) is 3.12. The molecule has 0 fully saturated rings. The second-order valence-electron chi connectivity index (χ2n) is 7.29. The smallest absolute Gasteiger partial charge is 0.335 e. The number of nitrogens with one attached hydrogen (secondary N) is 2. The maximum atomic E-state index is 13.0. The molecule has 0 saturated heterocycles. The molecule has 1 heterocycles. The number of amides is 1. The van der Waals surface area contributed by atoms with E-state index in [2.05, 4.69) is 29.1 Å². The van der Waals surface area contributed by atoms with Crippen LogP contribution in [0.3, 0.4) is 0 Å². The Labute approximate surface area is 170 Å². The van der Waals surface area contributed by atoms with Gasteiger partial charge in [0.2, 0.25) is 0 Å². The Kier molecular flexibility index (Phi) is 6.12. The summed E-state index contributed by atoms with van der Waals surface area (Å²) in [5.74, 6) is -0.352. The monoisotopic (exact) mass is 391 g/mol. The van der Waals surface area contributed by atoms with E-state index in [0.29, 0.717) is 29.5 Å². The molecule has 1 aromatic heterocycles. The topological polar surface area (TPSA) is 95.1 Å². The second-order valence-corrected chi connectivity index (χ2v) is 7.29. The maximum Gasteiger partial charge on any atom is 0.335 e. The number of H-pyrrole nitrogens is 1. The average Bonchev–Trinajstić information content (AvgIpc) is 3.12. The van der Waals surface area contributed by atoms with Crippen LogP contribution in [-0.2, 0) is 6.42 Å². The SMILES string of the molecule is CCC(C)Cc1[nH]c(-c2ccccc2C)nc1C(=O)Nc1cccc(C(=O)O)c1. The van der Waals surface area contributed by atoms with Gasteiger partial charge in [-0.15, -0.1) is 0 Å². The van der Waals surface area contributed by atoms with Gasteiger partial charge in [-0.05, 0) is 43.0 Å². The molecule has 0 spiro atoms. The number of aromatic nitrogens is 2. The van der Waals surface area contributed by atoms with Crippen molar-refractivity contribution in [2.45, 2.75) is 33.6 Å². The number of carbonyl (C=O) groups excluding carboxylic acids is 1. The lowest BCUT2D eigenvalue weighted by molar-refractivity contribution is 0.0696. The highest BCUT2D eigenvalue weighted by Crippen LogP contribution is 2.24. The molecule has 0 radical (unpaired) electrons. The zero-order chi connectivity index (χ0) is 21.0. The summed E-state index contributed by atoms with van der Waals surface area (Å²) in [7, 11) is 0. The van der Waals surface area contributed by atoms with Crippen LogP contribution in [0.15, 0.2) is 48.5 Å². The number of carboxylic acids is 1. The molecular weight excluding hydrogens is 366 g/mol. The van der Waals surface area contributed by atoms with Crippen molar-refractivity contribution in [1.29, 1.82) is 0 Å². The van der Waals surface area contributed by atoms with E-state index < -0.39 is 5.97 Å². The van der Waals surface area contributed by atoms with Crippen LogP contribution in [0, 0.1) is 12.8 Å². The number of aromatic carboxylic acids is 1. The summed E-state index contributed by atoms with van der Waals surface area (Å²) in [5, 5.41) is 11.9.